The molecule has 0 bridgehead atoms. The molecule has 0 aliphatic carbocycles. The smallest absolute Gasteiger partial charge is 0.282 e. The first-order valence-corrected chi connectivity index (χ1v) is 10.8. The second-order valence-corrected chi connectivity index (χ2v) is 8.36. The minimum atomic E-state index is -0.379. The SMILES string of the molecule is CC(C)COc1ccc(C2=C(N3CCOCC3)C(=O)N(c3ccccc3Cl)C2=O)cc1. The van der Waals surface area contributed by atoms with Gasteiger partial charge in [0.05, 0.1) is 36.1 Å². The molecule has 6 nitrogen and oxygen atoms in total. The van der Waals surface area contributed by atoms with Gasteiger partial charge >= 0.3 is 0 Å². The van der Waals surface area contributed by atoms with E-state index in [0.29, 0.717) is 66.4 Å². The topological polar surface area (TPSA) is 59.1 Å². The van der Waals surface area contributed by atoms with Crippen LogP contribution in [0, 0.1) is 5.92 Å². The molecule has 7 heteroatoms. The van der Waals surface area contributed by atoms with E-state index in [1.165, 1.54) is 4.90 Å². The predicted octanol–water partition coefficient (Wildman–Crippen LogP) is 3.99. The third-order valence-electron chi connectivity index (χ3n) is 5.21. The first-order valence-electron chi connectivity index (χ1n) is 10.4. The third kappa shape index (κ3) is 4.31. The molecule has 2 aliphatic heterocycles. The van der Waals surface area contributed by atoms with Crippen LogP contribution in [0.1, 0.15) is 19.4 Å². The fourth-order valence-corrected chi connectivity index (χ4v) is 3.91. The van der Waals surface area contributed by atoms with Crippen LogP contribution in [0.2, 0.25) is 5.02 Å². The highest BCUT2D eigenvalue weighted by molar-refractivity contribution is 6.47. The second-order valence-electron chi connectivity index (χ2n) is 7.95. The predicted molar refractivity (Wildman–Crippen MR) is 120 cm³/mol. The van der Waals surface area contributed by atoms with Gasteiger partial charge in [-0.3, -0.25) is 9.59 Å². The molecule has 31 heavy (non-hydrogen) atoms. The summed E-state index contributed by atoms with van der Waals surface area (Å²) in [5.74, 6) is 0.393. The molecule has 1 fully saturated rings. The highest BCUT2D eigenvalue weighted by Crippen LogP contribution is 2.38. The van der Waals surface area contributed by atoms with Crippen molar-refractivity contribution in [3.8, 4) is 5.75 Å². The number of ether oxygens (including phenoxy) is 2. The first kappa shape index (κ1) is 21.4. The van der Waals surface area contributed by atoms with Crippen LogP contribution in [0.3, 0.4) is 0 Å². The lowest BCUT2D eigenvalue weighted by Crippen LogP contribution is -2.40. The summed E-state index contributed by atoms with van der Waals surface area (Å²) in [4.78, 5) is 30.1. The molecule has 2 aliphatic rings. The Morgan fingerprint density at radius 3 is 2.32 bits per heavy atom. The highest BCUT2D eigenvalue weighted by Gasteiger charge is 2.43. The molecule has 0 saturated carbocycles. The number of carbonyl (C=O) groups is 2. The molecular formula is C24H25ClN2O4. The van der Waals surface area contributed by atoms with Crippen molar-refractivity contribution in [3.05, 3.63) is 64.8 Å². The summed E-state index contributed by atoms with van der Waals surface area (Å²) in [5, 5.41) is 0.351. The number of imide groups is 1. The molecule has 2 aromatic rings. The van der Waals surface area contributed by atoms with Crippen molar-refractivity contribution in [1.29, 1.82) is 0 Å². The molecule has 2 heterocycles. The lowest BCUT2D eigenvalue weighted by molar-refractivity contribution is -0.121. The van der Waals surface area contributed by atoms with Gasteiger partial charge < -0.3 is 14.4 Å². The van der Waals surface area contributed by atoms with Gasteiger partial charge in [-0.25, -0.2) is 4.90 Å². The fraction of sp³-hybridized carbons (Fsp3) is 0.333. The summed E-state index contributed by atoms with van der Waals surface area (Å²) in [6.07, 6.45) is 0. The zero-order valence-electron chi connectivity index (χ0n) is 17.6. The van der Waals surface area contributed by atoms with Crippen LogP contribution < -0.4 is 9.64 Å². The van der Waals surface area contributed by atoms with Crippen molar-refractivity contribution in [2.45, 2.75) is 13.8 Å². The molecule has 4 rings (SSSR count). The number of anilines is 1. The molecule has 0 unspecified atom stereocenters. The number of hydrogen-bond donors (Lipinski definition) is 0. The number of hydrogen-bond acceptors (Lipinski definition) is 5. The zero-order valence-corrected chi connectivity index (χ0v) is 18.4. The standard InChI is InChI=1S/C24H25ClN2O4/c1-16(2)15-31-18-9-7-17(8-10-18)21-22(26-11-13-30-14-12-26)24(29)27(23(21)28)20-6-4-3-5-19(20)25/h3-10,16H,11-15H2,1-2H3. The van der Waals surface area contributed by atoms with E-state index in [-0.39, 0.29) is 11.8 Å². The highest BCUT2D eigenvalue weighted by atomic mass is 35.5. The van der Waals surface area contributed by atoms with Crippen molar-refractivity contribution >= 4 is 34.7 Å². The number of halogens is 1. The van der Waals surface area contributed by atoms with E-state index in [4.69, 9.17) is 21.1 Å². The fourth-order valence-electron chi connectivity index (χ4n) is 3.69. The van der Waals surface area contributed by atoms with Crippen LogP contribution in [-0.4, -0.2) is 49.6 Å². The summed E-state index contributed by atoms with van der Waals surface area (Å²) in [7, 11) is 0. The Morgan fingerprint density at radius 1 is 1.00 bits per heavy atom. The van der Waals surface area contributed by atoms with Gasteiger partial charge in [0.25, 0.3) is 11.8 Å². The summed E-state index contributed by atoms with van der Waals surface area (Å²) >= 11 is 6.33. The van der Waals surface area contributed by atoms with Crippen LogP contribution in [0.4, 0.5) is 5.69 Å². The van der Waals surface area contributed by atoms with E-state index >= 15 is 0 Å². The molecule has 0 N–H and O–H groups in total. The van der Waals surface area contributed by atoms with Gasteiger partial charge in [0.1, 0.15) is 11.4 Å². The number of morpholine rings is 1. The molecule has 2 aromatic carbocycles. The van der Waals surface area contributed by atoms with Crippen molar-refractivity contribution < 1.29 is 19.1 Å². The Bertz CT molecular complexity index is 1010. The molecule has 0 radical (unpaired) electrons. The summed E-state index contributed by atoms with van der Waals surface area (Å²) in [6, 6.07) is 14.2. The van der Waals surface area contributed by atoms with Crippen molar-refractivity contribution in [2.75, 3.05) is 37.8 Å². The normalized spacial score (nSPS) is 17.2. The van der Waals surface area contributed by atoms with Gasteiger partial charge in [0.2, 0.25) is 0 Å². The molecule has 1 saturated heterocycles. The van der Waals surface area contributed by atoms with Gasteiger partial charge in [0, 0.05) is 13.1 Å². The summed E-state index contributed by atoms with van der Waals surface area (Å²) in [6.45, 7) is 6.88. The number of carbonyl (C=O) groups excluding carboxylic acids is 2. The molecular weight excluding hydrogens is 416 g/mol. The van der Waals surface area contributed by atoms with Crippen molar-refractivity contribution in [2.24, 2.45) is 5.92 Å². The van der Waals surface area contributed by atoms with Crippen molar-refractivity contribution in [1.82, 2.24) is 4.90 Å². The average Bonchev–Trinajstić information content (AvgIpc) is 3.03. The Labute approximate surface area is 187 Å². The third-order valence-corrected chi connectivity index (χ3v) is 5.53. The van der Waals surface area contributed by atoms with Gasteiger partial charge in [-0.1, -0.05) is 49.7 Å². The van der Waals surface area contributed by atoms with Crippen LogP contribution in [0.5, 0.6) is 5.75 Å². The molecule has 0 aromatic heterocycles. The number of benzene rings is 2. The molecule has 0 atom stereocenters. The quantitative estimate of drug-likeness (QED) is 0.635. The van der Waals surface area contributed by atoms with E-state index < -0.39 is 0 Å². The lowest BCUT2D eigenvalue weighted by atomic mass is 10.0. The zero-order chi connectivity index (χ0) is 22.0. The van der Waals surface area contributed by atoms with Gasteiger partial charge in [0.15, 0.2) is 0 Å². The number of rotatable bonds is 6. The van der Waals surface area contributed by atoms with Crippen LogP contribution >= 0.6 is 11.6 Å². The van der Waals surface area contributed by atoms with Crippen LogP contribution in [0.15, 0.2) is 54.2 Å². The Kier molecular flexibility index (Phi) is 6.30. The second kappa shape index (κ2) is 9.12. The van der Waals surface area contributed by atoms with Crippen LogP contribution in [0.25, 0.3) is 5.57 Å². The Morgan fingerprint density at radius 2 is 1.68 bits per heavy atom. The minimum absolute atomic E-state index is 0.351. The maximum absolute atomic E-state index is 13.5. The van der Waals surface area contributed by atoms with E-state index in [0.717, 1.165) is 5.75 Å². The van der Waals surface area contributed by atoms with E-state index in [9.17, 15) is 9.59 Å². The first-order chi connectivity index (χ1) is 15.0. The Hall–Kier alpha value is -2.83. The number of nitrogens with zero attached hydrogens (tertiary/aromatic N) is 2. The van der Waals surface area contributed by atoms with E-state index in [1.807, 2.05) is 29.2 Å². The Balaban J connectivity index is 1.73. The monoisotopic (exact) mass is 440 g/mol. The molecule has 0 spiro atoms. The molecule has 162 valence electrons. The minimum Gasteiger partial charge on any atom is -0.493 e. The largest absolute Gasteiger partial charge is 0.493 e. The number of para-hydroxylation sites is 1. The van der Waals surface area contributed by atoms with E-state index in [2.05, 4.69) is 13.8 Å². The maximum atomic E-state index is 13.5. The van der Waals surface area contributed by atoms with E-state index in [1.54, 1.807) is 24.3 Å². The summed E-state index contributed by atoms with van der Waals surface area (Å²) < 4.78 is 11.2. The van der Waals surface area contributed by atoms with Gasteiger partial charge in [-0.15, -0.1) is 0 Å². The molecule has 2 amide bonds. The van der Waals surface area contributed by atoms with Crippen LogP contribution in [-0.2, 0) is 14.3 Å². The number of amides is 2. The van der Waals surface area contributed by atoms with Crippen molar-refractivity contribution in [3.63, 3.8) is 0 Å². The van der Waals surface area contributed by atoms with Gasteiger partial charge in [-0.2, -0.15) is 0 Å². The van der Waals surface area contributed by atoms with Gasteiger partial charge in [-0.05, 0) is 35.7 Å². The average molecular weight is 441 g/mol. The maximum Gasteiger partial charge on any atom is 0.282 e. The lowest BCUT2D eigenvalue weighted by Gasteiger charge is -2.29. The summed E-state index contributed by atoms with van der Waals surface area (Å²) in [5.41, 5.74) is 1.83.